The number of rotatable bonds is 5. The maximum atomic E-state index is 13.0. The molecule has 0 bridgehead atoms. The summed E-state index contributed by atoms with van der Waals surface area (Å²) < 4.78 is 0. The van der Waals surface area contributed by atoms with E-state index in [1.807, 2.05) is 53.4 Å². The van der Waals surface area contributed by atoms with Crippen LogP contribution in [-0.4, -0.2) is 64.5 Å². The Labute approximate surface area is 163 Å². The second-order valence-corrected chi connectivity index (χ2v) is 7.92. The van der Waals surface area contributed by atoms with Gasteiger partial charge in [0.1, 0.15) is 5.01 Å². The van der Waals surface area contributed by atoms with E-state index in [0.717, 1.165) is 35.5 Å². The largest absolute Gasteiger partial charge is 0.480 e. The van der Waals surface area contributed by atoms with E-state index in [0.29, 0.717) is 18.7 Å². The average Bonchev–Trinajstić information content (AvgIpc) is 2.92. The van der Waals surface area contributed by atoms with Gasteiger partial charge in [-0.2, -0.15) is 0 Å². The standard InChI is InChI=1S/C20H25N3O3S/c1-14-13-27-19(21-14)15-5-3-6-16(11-15)20(26)23-9-4-7-17(8-10-23)22(2)12-18(24)25/h3,5-6,11,13,17H,4,7-10,12H2,1-2H3,(H,24,25). The van der Waals surface area contributed by atoms with E-state index >= 15 is 0 Å². The number of carbonyl (C=O) groups is 2. The number of aromatic nitrogens is 1. The molecule has 0 saturated carbocycles. The molecule has 1 fully saturated rings. The zero-order chi connectivity index (χ0) is 19.4. The van der Waals surface area contributed by atoms with Crippen LogP contribution in [0, 0.1) is 6.92 Å². The number of likely N-dealkylation sites (tertiary alicyclic amines) is 1. The smallest absolute Gasteiger partial charge is 0.317 e. The number of aliphatic carboxylic acids is 1. The number of carboxylic acid groups (broad SMARTS) is 1. The number of hydrogen-bond donors (Lipinski definition) is 1. The van der Waals surface area contributed by atoms with Crippen LogP contribution >= 0.6 is 11.3 Å². The molecule has 1 N–H and O–H groups in total. The van der Waals surface area contributed by atoms with Gasteiger partial charge < -0.3 is 10.0 Å². The minimum absolute atomic E-state index is 0.0339. The molecule has 1 unspecified atom stereocenters. The van der Waals surface area contributed by atoms with Crippen molar-refractivity contribution in [3.05, 3.63) is 40.9 Å². The Kier molecular flexibility index (Phi) is 6.23. The molecule has 1 aromatic carbocycles. The highest BCUT2D eigenvalue weighted by Gasteiger charge is 2.24. The van der Waals surface area contributed by atoms with Gasteiger partial charge in [-0.15, -0.1) is 11.3 Å². The molecule has 144 valence electrons. The molecule has 0 spiro atoms. The van der Waals surface area contributed by atoms with Crippen LogP contribution in [0.2, 0.25) is 0 Å². The molecule has 2 aromatic rings. The van der Waals surface area contributed by atoms with Crippen molar-refractivity contribution in [1.29, 1.82) is 0 Å². The number of nitrogens with zero attached hydrogens (tertiary/aromatic N) is 3. The fourth-order valence-electron chi connectivity index (χ4n) is 3.52. The van der Waals surface area contributed by atoms with Crippen molar-refractivity contribution in [3.63, 3.8) is 0 Å². The Hall–Kier alpha value is -2.25. The number of benzene rings is 1. The number of carboxylic acids is 1. The molecule has 1 amide bonds. The van der Waals surface area contributed by atoms with Crippen LogP contribution in [0.3, 0.4) is 0 Å². The lowest BCUT2D eigenvalue weighted by molar-refractivity contribution is -0.138. The highest BCUT2D eigenvalue weighted by atomic mass is 32.1. The number of likely N-dealkylation sites (N-methyl/N-ethyl adjacent to an activating group) is 1. The predicted octanol–water partition coefficient (Wildman–Crippen LogP) is 3.13. The summed E-state index contributed by atoms with van der Waals surface area (Å²) in [4.78, 5) is 32.2. The molecule has 1 saturated heterocycles. The Morgan fingerprint density at radius 2 is 2.15 bits per heavy atom. The lowest BCUT2D eigenvalue weighted by atomic mass is 10.1. The van der Waals surface area contributed by atoms with E-state index in [1.165, 1.54) is 0 Å². The van der Waals surface area contributed by atoms with Crippen LogP contribution in [0.25, 0.3) is 10.6 Å². The SMILES string of the molecule is Cc1csc(-c2cccc(C(=O)N3CCCC(N(C)CC(=O)O)CC3)c2)n1. The molecule has 7 heteroatoms. The average molecular weight is 388 g/mol. The third-order valence-corrected chi connectivity index (χ3v) is 5.98. The van der Waals surface area contributed by atoms with E-state index in [2.05, 4.69) is 4.98 Å². The number of aryl methyl sites for hydroxylation is 1. The number of hydrogen-bond acceptors (Lipinski definition) is 5. The summed E-state index contributed by atoms with van der Waals surface area (Å²) in [6, 6.07) is 7.85. The Morgan fingerprint density at radius 3 is 2.85 bits per heavy atom. The molecule has 2 heterocycles. The van der Waals surface area contributed by atoms with E-state index in [1.54, 1.807) is 11.3 Å². The number of thiazole rings is 1. The molecule has 1 aliphatic rings. The summed E-state index contributed by atoms with van der Waals surface area (Å²) in [6.45, 7) is 3.35. The highest BCUT2D eigenvalue weighted by molar-refractivity contribution is 7.13. The number of amides is 1. The van der Waals surface area contributed by atoms with Crippen molar-refractivity contribution in [2.75, 3.05) is 26.7 Å². The molecule has 0 radical (unpaired) electrons. The first-order valence-electron chi connectivity index (χ1n) is 9.18. The Morgan fingerprint density at radius 1 is 1.33 bits per heavy atom. The van der Waals surface area contributed by atoms with E-state index in [9.17, 15) is 9.59 Å². The van der Waals surface area contributed by atoms with E-state index in [-0.39, 0.29) is 18.5 Å². The Bertz CT molecular complexity index is 820. The predicted molar refractivity (Wildman–Crippen MR) is 106 cm³/mol. The van der Waals surface area contributed by atoms with Crippen LogP contribution in [0.1, 0.15) is 35.3 Å². The minimum atomic E-state index is -0.816. The zero-order valence-electron chi connectivity index (χ0n) is 15.7. The molecule has 0 aliphatic carbocycles. The van der Waals surface area contributed by atoms with Gasteiger partial charge >= 0.3 is 5.97 Å². The third kappa shape index (κ3) is 4.93. The lowest BCUT2D eigenvalue weighted by Crippen LogP contribution is -2.37. The molecular formula is C20H25N3O3S. The molecule has 27 heavy (non-hydrogen) atoms. The van der Waals surface area contributed by atoms with Gasteiger partial charge in [-0.3, -0.25) is 14.5 Å². The molecular weight excluding hydrogens is 362 g/mol. The van der Waals surface area contributed by atoms with Crippen molar-refractivity contribution in [2.45, 2.75) is 32.2 Å². The van der Waals surface area contributed by atoms with Crippen LogP contribution in [0.5, 0.6) is 0 Å². The van der Waals surface area contributed by atoms with Crippen LogP contribution in [-0.2, 0) is 4.79 Å². The van der Waals surface area contributed by atoms with Gasteiger partial charge in [0.2, 0.25) is 0 Å². The molecule has 6 nitrogen and oxygen atoms in total. The first kappa shape index (κ1) is 19.5. The quantitative estimate of drug-likeness (QED) is 0.853. The Balaban J connectivity index is 1.68. The maximum absolute atomic E-state index is 13.0. The van der Waals surface area contributed by atoms with Crippen molar-refractivity contribution < 1.29 is 14.7 Å². The summed E-state index contributed by atoms with van der Waals surface area (Å²) >= 11 is 1.58. The van der Waals surface area contributed by atoms with Crippen molar-refractivity contribution >= 4 is 23.2 Å². The first-order valence-corrected chi connectivity index (χ1v) is 10.1. The van der Waals surface area contributed by atoms with Crippen LogP contribution in [0.4, 0.5) is 0 Å². The van der Waals surface area contributed by atoms with Gasteiger partial charge in [0.15, 0.2) is 0 Å². The normalized spacial score (nSPS) is 17.7. The first-order chi connectivity index (χ1) is 12.9. The second kappa shape index (κ2) is 8.63. The molecule has 1 aromatic heterocycles. The fraction of sp³-hybridized carbons (Fsp3) is 0.450. The molecule has 1 atom stereocenters. The van der Waals surface area contributed by atoms with Gasteiger partial charge in [-0.1, -0.05) is 12.1 Å². The second-order valence-electron chi connectivity index (χ2n) is 7.06. The summed E-state index contributed by atoms with van der Waals surface area (Å²) in [5.74, 6) is -0.782. The van der Waals surface area contributed by atoms with Crippen LogP contribution < -0.4 is 0 Å². The molecule has 3 rings (SSSR count). The van der Waals surface area contributed by atoms with Gasteiger partial charge in [0.05, 0.1) is 6.54 Å². The van der Waals surface area contributed by atoms with Crippen molar-refractivity contribution in [3.8, 4) is 10.6 Å². The van der Waals surface area contributed by atoms with Crippen molar-refractivity contribution in [1.82, 2.24) is 14.8 Å². The van der Waals surface area contributed by atoms with Gasteiger partial charge in [-0.25, -0.2) is 4.98 Å². The molecule has 1 aliphatic heterocycles. The minimum Gasteiger partial charge on any atom is -0.480 e. The third-order valence-electron chi connectivity index (χ3n) is 4.97. The maximum Gasteiger partial charge on any atom is 0.317 e. The van der Waals surface area contributed by atoms with Gasteiger partial charge in [-0.05, 0) is 45.4 Å². The topological polar surface area (TPSA) is 73.7 Å². The van der Waals surface area contributed by atoms with E-state index in [4.69, 9.17) is 5.11 Å². The number of carbonyl (C=O) groups excluding carboxylic acids is 1. The van der Waals surface area contributed by atoms with E-state index < -0.39 is 5.97 Å². The lowest BCUT2D eigenvalue weighted by Gasteiger charge is -2.25. The monoisotopic (exact) mass is 387 g/mol. The van der Waals surface area contributed by atoms with Gasteiger partial charge in [0.25, 0.3) is 5.91 Å². The summed E-state index contributed by atoms with van der Waals surface area (Å²) in [7, 11) is 1.84. The summed E-state index contributed by atoms with van der Waals surface area (Å²) in [6.07, 6.45) is 2.58. The summed E-state index contributed by atoms with van der Waals surface area (Å²) in [5, 5.41) is 11.9. The van der Waals surface area contributed by atoms with Crippen molar-refractivity contribution in [2.24, 2.45) is 0 Å². The summed E-state index contributed by atoms with van der Waals surface area (Å²) in [5.41, 5.74) is 2.63. The fourth-order valence-corrected chi connectivity index (χ4v) is 4.31. The highest BCUT2D eigenvalue weighted by Crippen LogP contribution is 2.25. The van der Waals surface area contributed by atoms with Gasteiger partial charge in [0, 0.05) is 41.3 Å². The van der Waals surface area contributed by atoms with Crippen LogP contribution in [0.15, 0.2) is 29.6 Å². The zero-order valence-corrected chi connectivity index (χ0v) is 16.5.